The highest BCUT2D eigenvalue weighted by atomic mass is 16.2. The molecule has 0 aliphatic carbocycles. The molecule has 2 heterocycles. The van der Waals surface area contributed by atoms with E-state index >= 15 is 0 Å². The number of primary amides is 1. The number of imidazole rings is 1. The molecular weight excluding hydrogens is 292 g/mol. The summed E-state index contributed by atoms with van der Waals surface area (Å²) in [6.45, 7) is 3.53. The fourth-order valence-electron chi connectivity index (χ4n) is 3.22. The number of aromatic nitrogens is 2. The maximum atomic E-state index is 12.6. The monoisotopic (exact) mass is 314 g/mol. The zero-order chi connectivity index (χ0) is 16.4. The smallest absolute Gasteiger partial charge is 0.242 e. The molecule has 0 spiro atoms. The van der Waals surface area contributed by atoms with E-state index in [-0.39, 0.29) is 17.7 Å². The lowest BCUT2D eigenvalue weighted by Crippen LogP contribution is -2.43. The van der Waals surface area contributed by atoms with Crippen molar-refractivity contribution in [3.05, 3.63) is 30.1 Å². The molecule has 1 saturated heterocycles. The van der Waals surface area contributed by atoms with Gasteiger partial charge in [-0.1, -0.05) is 19.1 Å². The molecule has 3 rings (SSSR count). The van der Waals surface area contributed by atoms with Crippen LogP contribution in [0, 0.1) is 5.92 Å². The lowest BCUT2D eigenvalue weighted by molar-refractivity contribution is -0.135. The summed E-state index contributed by atoms with van der Waals surface area (Å²) in [4.78, 5) is 30.3. The molecule has 0 radical (unpaired) electrons. The number of nitrogens with two attached hydrogens (primary N) is 1. The van der Waals surface area contributed by atoms with Crippen molar-refractivity contribution in [2.24, 2.45) is 11.7 Å². The Hall–Kier alpha value is -2.37. The predicted octanol–water partition coefficient (Wildman–Crippen LogP) is 1.32. The van der Waals surface area contributed by atoms with Crippen molar-refractivity contribution in [2.45, 2.75) is 32.7 Å². The number of para-hydroxylation sites is 2. The molecule has 2 N–H and O–H groups in total. The summed E-state index contributed by atoms with van der Waals surface area (Å²) in [5.41, 5.74) is 7.26. The maximum Gasteiger partial charge on any atom is 0.242 e. The molecule has 0 saturated carbocycles. The number of benzene rings is 1. The third-order valence-electron chi connectivity index (χ3n) is 4.59. The second-order valence-electron chi connectivity index (χ2n) is 6.01. The molecule has 1 aliphatic rings. The number of fused-ring (bicyclic) bond motifs is 1. The van der Waals surface area contributed by atoms with E-state index in [4.69, 9.17) is 5.73 Å². The lowest BCUT2D eigenvalue weighted by Gasteiger charge is -2.30. The van der Waals surface area contributed by atoms with Gasteiger partial charge in [-0.05, 0) is 25.0 Å². The minimum absolute atomic E-state index is 0.0748. The standard InChI is InChI=1S/C17H22N4O2/c1-2-15-19-13-5-3-4-6-14(13)21(15)11-16(22)20-9-7-12(8-10-20)17(18)23/h3-6,12H,2,7-11H2,1H3,(H2,18,23). The molecule has 0 bridgehead atoms. The van der Waals surface area contributed by atoms with Gasteiger partial charge in [0.05, 0.1) is 11.0 Å². The fraction of sp³-hybridized carbons (Fsp3) is 0.471. The summed E-state index contributed by atoms with van der Waals surface area (Å²) in [6, 6.07) is 7.88. The fourth-order valence-corrected chi connectivity index (χ4v) is 3.22. The highest BCUT2D eigenvalue weighted by Gasteiger charge is 2.26. The van der Waals surface area contributed by atoms with Gasteiger partial charge < -0.3 is 15.2 Å². The van der Waals surface area contributed by atoms with E-state index in [1.165, 1.54) is 0 Å². The summed E-state index contributed by atoms with van der Waals surface area (Å²) in [5, 5.41) is 0. The van der Waals surface area contributed by atoms with Crippen LogP contribution in [0.3, 0.4) is 0 Å². The molecule has 1 fully saturated rings. The normalized spacial score (nSPS) is 16.0. The first-order valence-electron chi connectivity index (χ1n) is 8.11. The molecular formula is C17H22N4O2. The quantitative estimate of drug-likeness (QED) is 0.924. The van der Waals surface area contributed by atoms with Crippen LogP contribution in [0.15, 0.2) is 24.3 Å². The number of likely N-dealkylation sites (tertiary alicyclic amines) is 1. The summed E-state index contributed by atoms with van der Waals surface area (Å²) >= 11 is 0. The van der Waals surface area contributed by atoms with Crippen LogP contribution < -0.4 is 5.73 Å². The van der Waals surface area contributed by atoms with Crippen LogP contribution in [0.4, 0.5) is 0 Å². The zero-order valence-electron chi connectivity index (χ0n) is 13.4. The van der Waals surface area contributed by atoms with E-state index in [9.17, 15) is 9.59 Å². The highest BCUT2D eigenvalue weighted by Crippen LogP contribution is 2.19. The molecule has 1 aliphatic heterocycles. The SMILES string of the molecule is CCc1nc2ccccc2n1CC(=O)N1CCC(C(N)=O)CC1. The van der Waals surface area contributed by atoms with Gasteiger partial charge in [0.1, 0.15) is 12.4 Å². The van der Waals surface area contributed by atoms with Crippen molar-refractivity contribution in [1.29, 1.82) is 0 Å². The Balaban J connectivity index is 1.75. The van der Waals surface area contributed by atoms with Gasteiger partial charge in [0, 0.05) is 25.4 Å². The number of carbonyl (C=O) groups is 2. The van der Waals surface area contributed by atoms with Crippen LogP contribution in [0.2, 0.25) is 0 Å². The largest absolute Gasteiger partial charge is 0.369 e. The van der Waals surface area contributed by atoms with Crippen LogP contribution in [0.5, 0.6) is 0 Å². The predicted molar refractivity (Wildman–Crippen MR) is 87.6 cm³/mol. The Morgan fingerprint density at radius 3 is 2.61 bits per heavy atom. The van der Waals surface area contributed by atoms with Gasteiger partial charge in [0.15, 0.2) is 0 Å². The minimum atomic E-state index is -0.258. The van der Waals surface area contributed by atoms with Crippen molar-refractivity contribution < 1.29 is 9.59 Å². The van der Waals surface area contributed by atoms with E-state index in [0.717, 1.165) is 23.3 Å². The van der Waals surface area contributed by atoms with Crippen LogP contribution in [0.25, 0.3) is 11.0 Å². The molecule has 6 nitrogen and oxygen atoms in total. The first-order chi connectivity index (χ1) is 11.1. The Kier molecular flexibility index (Phi) is 4.32. The Morgan fingerprint density at radius 2 is 1.96 bits per heavy atom. The van der Waals surface area contributed by atoms with Gasteiger partial charge in [0.25, 0.3) is 0 Å². The number of carbonyl (C=O) groups excluding carboxylic acids is 2. The molecule has 2 aromatic rings. The van der Waals surface area contributed by atoms with Crippen molar-refractivity contribution in [3.63, 3.8) is 0 Å². The average Bonchev–Trinajstić information content (AvgIpc) is 2.93. The molecule has 2 amide bonds. The number of piperidine rings is 1. The van der Waals surface area contributed by atoms with E-state index < -0.39 is 0 Å². The van der Waals surface area contributed by atoms with Gasteiger partial charge in [-0.3, -0.25) is 9.59 Å². The highest BCUT2D eigenvalue weighted by molar-refractivity contribution is 5.82. The van der Waals surface area contributed by atoms with E-state index in [1.54, 1.807) is 0 Å². The summed E-state index contributed by atoms with van der Waals surface area (Å²) < 4.78 is 2.00. The maximum absolute atomic E-state index is 12.6. The van der Waals surface area contributed by atoms with E-state index in [2.05, 4.69) is 4.98 Å². The average molecular weight is 314 g/mol. The van der Waals surface area contributed by atoms with Crippen molar-refractivity contribution in [3.8, 4) is 0 Å². The molecule has 122 valence electrons. The zero-order valence-corrected chi connectivity index (χ0v) is 13.4. The van der Waals surface area contributed by atoms with Crippen LogP contribution in [-0.2, 0) is 22.6 Å². The number of nitrogens with zero attached hydrogens (tertiary/aromatic N) is 3. The number of hydrogen-bond donors (Lipinski definition) is 1. The summed E-state index contributed by atoms with van der Waals surface area (Å²) in [6.07, 6.45) is 2.10. The lowest BCUT2D eigenvalue weighted by atomic mass is 9.96. The Labute approximate surface area is 135 Å². The summed E-state index contributed by atoms with van der Waals surface area (Å²) in [7, 11) is 0. The molecule has 1 aromatic carbocycles. The van der Waals surface area contributed by atoms with Crippen molar-refractivity contribution in [2.75, 3.05) is 13.1 Å². The Bertz CT molecular complexity index is 729. The topological polar surface area (TPSA) is 81.2 Å². The molecule has 6 heteroatoms. The second kappa shape index (κ2) is 6.40. The molecule has 0 unspecified atom stereocenters. The molecule has 0 atom stereocenters. The Morgan fingerprint density at radius 1 is 1.26 bits per heavy atom. The van der Waals surface area contributed by atoms with Crippen LogP contribution in [0.1, 0.15) is 25.6 Å². The third kappa shape index (κ3) is 3.06. The molecule has 1 aromatic heterocycles. The number of aryl methyl sites for hydroxylation is 1. The van der Waals surface area contributed by atoms with E-state index in [1.807, 2.05) is 40.7 Å². The van der Waals surface area contributed by atoms with E-state index in [0.29, 0.717) is 32.5 Å². The van der Waals surface area contributed by atoms with Gasteiger partial charge in [-0.2, -0.15) is 0 Å². The van der Waals surface area contributed by atoms with Gasteiger partial charge in [0.2, 0.25) is 11.8 Å². The van der Waals surface area contributed by atoms with Gasteiger partial charge >= 0.3 is 0 Å². The van der Waals surface area contributed by atoms with Crippen LogP contribution >= 0.6 is 0 Å². The number of rotatable bonds is 4. The van der Waals surface area contributed by atoms with Crippen molar-refractivity contribution >= 4 is 22.8 Å². The number of hydrogen-bond acceptors (Lipinski definition) is 3. The van der Waals surface area contributed by atoms with Gasteiger partial charge in [-0.15, -0.1) is 0 Å². The second-order valence-corrected chi connectivity index (χ2v) is 6.01. The van der Waals surface area contributed by atoms with Gasteiger partial charge in [-0.25, -0.2) is 4.98 Å². The first kappa shape index (κ1) is 15.5. The first-order valence-corrected chi connectivity index (χ1v) is 8.11. The minimum Gasteiger partial charge on any atom is -0.369 e. The third-order valence-corrected chi connectivity index (χ3v) is 4.59. The van der Waals surface area contributed by atoms with Crippen LogP contribution in [-0.4, -0.2) is 39.4 Å². The molecule has 23 heavy (non-hydrogen) atoms. The summed E-state index contributed by atoms with van der Waals surface area (Å²) in [5.74, 6) is 0.641. The number of amides is 2. The van der Waals surface area contributed by atoms with Crippen molar-refractivity contribution in [1.82, 2.24) is 14.5 Å².